The monoisotopic (exact) mass is 464 g/mol. The van der Waals surface area contributed by atoms with Gasteiger partial charge < -0.3 is 19.5 Å². The van der Waals surface area contributed by atoms with Gasteiger partial charge >= 0.3 is 0 Å². The molecule has 0 atom stereocenters. The molecule has 0 fully saturated rings. The van der Waals surface area contributed by atoms with Gasteiger partial charge in [-0.25, -0.2) is 14.4 Å². The molecule has 2 aromatic carbocycles. The number of ether oxygens (including phenoxy) is 3. The van der Waals surface area contributed by atoms with Gasteiger partial charge in [0.2, 0.25) is 5.95 Å². The summed E-state index contributed by atoms with van der Waals surface area (Å²) in [7, 11) is 3.71. The first-order valence-corrected chi connectivity index (χ1v) is 11.2. The fourth-order valence-corrected chi connectivity index (χ4v) is 3.63. The van der Waals surface area contributed by atoms with Crippen molar-refractivity contribution < 1.29 is 18.6 Å². The van der Waals surface area contributed by atoms with Crippen molar-refractivity contribution >= 4 is 11.6 Å². The minimum Gasteiger partial charge on any atom is -0.493 e. The van der Waals surface area contributed by atoms with Crippen LogP contribution in [0.3, 0.4) is 0 Å². The molecule has 0 spiro atoms. The molecule has 34 heavy (non-hydrogen) atoms. The topological polar surface area (TPSA) is 68.7 Å². The number of rotatable bonds is 4. The standard InChI is InChI=1S/C26H29FN4O3/c1-31-10-4-3-5-11-33-23-16-19(14-21(27)17-23)24-8-9-28-26(30-24)29-22-6-7-25(20(15-22)18-31)34-13-12-32-2/h3-4,6-9,14-17H,5,10-13,18H2,1-2H3,(H,28,29,30)/b4-3+. The zero-order valence-corrected chi connectivity index (χ0v) is 19.5. The third-order valence-electron chi connectivity index (χ3n) is 5.26. The van der Waals surface area contributed by atoms with Gasteiger partial charge in [-0.2, -0.15) is 0 Å². The van der Waals surface area contributed by atoms with E-state index < -0.39 is 0 Å². The Bertz CT molecular complexity index is 1140. The average Bonchev–Trinajstić information content (AvgIpc) is 2.82. The quantitative estimate of drug-likeness (QED) is 0.438. The normalized spacial score (nSPS) is 15.4. The summed E-state index contributed by atoms with van der Waals surface area (Å²) in [4.78, 5) is 11.1. The van der Waals surface area contributed by atoms with E-state index in [0.29, 0.717) is 49.3 Å². The summed E-state index contributed by atoms with van der Waals surface area (Å²) in [5.41, 5.74) is 3.09. The van der Waals surface area contributed by atoms with Crippen LogP contribution >= 0.6 is 0 Å². The molecule has 0 saturated heterocycles. The number of methoxy groups -OCH3 is 1. The molecule has 4 rings (SSSR count). The van der Waals surface area contributed by atoms with Crippen LogP contribution in [0.25, 0.3) is 11.3 Å². The average molecular weight is 465 g/mol. The summed E-state index contributed by atoms with van der Waals surface area (Å²) in [6.45, 7) is 2.91. The molecule has 0 saturated carbocycles. The lowest BCUT2D eigenvalue weighted by atomic mass is 10.1. The van der Waals surface area contributed by atoms with Crippen molar-refractivity contribution in [3.05, 3.63) is 72.2 Å². The van der Waals surface area contributed by atoms with Crippen LogP contribution in [0.1, 0.15) is 12.0 Å². The highest BCUT2D eigenvalue weighted by atomic mass is 19.1. The Morgan fingerprint density at radius 2 is 2.03 bits per heavy atom. The van der Waals surface area contributed by atoms with Crippen molar-refractivity contribution in [1.29, 1.82) is 0 Å². The lowest BCUT2D eigenvalue weighted by molar-refractivity contribution is 0.145. The molecule has 0 amide bonds. The van der Waals surface area contributed by atoms with Crippen LogP contribution in [0.2, 0.25) is 0 Å². The smallest absolute Gasteiger partial charge is 0.227 e. The highest BCUT2D eigenvalue weighted by Crippen LogP contribution is 2.28. The van der Waals surface area contributed by atoms with Gasteiger partial charge in [0, 0.05) is 49.3 Å². The molecule has 178 valence electrons. The molecule has 0 radical (unpaired) electrons. The van der Waals surface area contributed by atoms with E-state index >= 15 is 0 Å². The van der Waals surface area contributed by atoms with E-state index in [2.05, 4.69) is 39.4 Å². The molecule has 1 aromatic heterocycles. The van der Waals surface area contributed by atoms with Crippen LogP contribution in [0.5, 0.6) is 11.5 Å². The number of aromatic nitrogens is 2. The molecule has 2 heterocycles. The minimum absolute atomic E-state index is 0.374. The van der Waals surface area contributed by atoms with Crippen LogP contribution in [0, 0.1) is 5.82 Å². The van der Waals surface area contributed by atoms with Crippen LogP contribution in [-0.2, 0) is 11.3 Å². The molecule has 7 nitrogen and oxygen atoms in total. The number of fused-ring (bicyclic) bond motifs is 7. The van der Waals surface area contributed by atoms with E-state index in [9.17, 15) is 4.39 Å². The van der Waals surface area contributed by atoms with E-state index in [-0.39, 0.29) is 5.82 Å². The van der Waals surface area contributed by atoms with Crippen molar-refractivity contribution in [1.82, 2.24) is 14.9 Å². The third-order valence-corrected chi connectivity index (χ3v) is 5.26. The first-order valence-electron chi connectivity index (χ1n) is 11.2. The number of likely N-dealkylation sites (N-methyl/N-ethyl adjacent to an activating group) is 1. The second-order valence-electron chi connectivity index (χ2n) is 8.04. The van der Waals surface area contributed by atoms with E-state index in [1.807, 2.05) is 18.2 Å². The second kappa shape index (κ2) is 11.6. The minimum atomic E-state index is -0.374. The van der Waals surface area contributed by atoms with Gasteiger partial charge in [-0.15, -0.1) is 0 Å². The van der Waals surface area contributed by atoms with Crippen molar-refractivity contribution in [2.24, 2.45) is 0 Å². The summed E-state index contributed by atoms with van der Waals surface area (Å²) in [5.74, 6) is 1.33. The summed E-state index contributed by atoms with van der Waals surface area (Å²) in [6, 6.07) is 12.3. The predicted octanol–water partition coefficient (Wildman–Crippen LogP) is 4.82. The number of halogens is 1. The summed E-state index contributed by atoms with van der Waals surface area (Å²) in [6.07, 6.45) is 6.55. The molecule has 3 aromatic rings. The van der Waals surface area contributed by atoms with Crippen LogP contribution in [0.4, 0.5) is 16.0 Å². The molecular weight excluding hydrogens is 435 g/mol. The molecule has 8 heteroatoms. The Morgan fingerprint density at radius 3 is 2.91 bits per heavy atom. The zero-order chi connectivity index (χ0) is 23.8. The molecule has 1 aliphatic rings. The third kappa shape index (κ3) is 6.52. The molecule has 6 bridgehead atoms. The molecule has 1 N–H and O–H groups in total. The van der Waals surface area contributed by atoms with Crippen molar-refractivity contribution in [3.63, 3.8) is 0 Å². The van der Waals surface area contributed by atoms with Gasteiger partial charge in [-0.05, 0) is 49.9 Å². The Balaban J connectivity index is 1.68. The van der Waals surface area contributed by atoms with Crippen molar-refractivity contribution in [2.45, 2.75) is 13.0 Å². The zero-order valence-electron chi connectivity index (χ0n) is 19.5. The lowest BCUT2D eigenvalue weighted by Crippen LogP contribution is -2.19. The maximum Gasteiger partial charge on any atom is 0.227 e. The molecule has 1 aliphatic heterocycles. The van der Waals surface area contributed by atoms with Crippen LogP contribution < -0.4 is 14.8 Å². The fourth-order valence-electron chi connectivity index (χ4n) is 3.63. The van der Waals surface area contributed by atoms with Crippen LogP contribution in [0.15, 0.2) is 60.8 Å². The maximum atomic E-state index is 14.3. The second-order valence-corrected chi connectivity index (χ2v) is 8.04. The number of hydrogen-bond donors (Lipinski definition) is 1. The Hall–Kier alpha value is -3.49. The highest BCUT2D eigenvalue weighted by molar-refractivity contribution is 5.64. The molecule has 0 unspecified atom stereocenters. The first kappa shape index (κ1) is 23.7. The Labute approximate surface area is 199 Å². The number of nitrogens with zero attached hydrogens (tertiary/aromatic N) is 3. The van der Waals surface area contributed by atoms with E-state index in [1.165, 1.54) is 12.1 Å². The van der Waals surface area contributed by atoms with Gasteiger partial charge in [-0.3, -0.25) is 4.90 Å². The van der Waals surface area contributed by atoms with Gasteiger partial charge in [0.05, 0.1) is 18.9 Å². The number of anilines is 2. The van der Waals surface area contributed by atoms with E-state index in [0.717, 1.165) is 30.0 Å². The van der Waals surface area contributed by atoms with Crippen LogP contribution in [-0.4, -0.2) is 55.4 Å². The highest BCUT2D eigenvalue weighted by Gasteiger charge is 2.11. The number of hydrogen-bond acceptors (Lipinski definition) is 7. The number of benzene rings is 2. The van der Waals surface area contributed by atoms with Gasteiger partial charge in [0.15, 0.2) is 0 Å². The fraction of sp³-hybridized carbons (Fsp3) is 0.308. The lowest BCUT2D eigenvalue weighted by Gasteiger charge is -2.19. The van der Waals surface area contributed by atoms with Gasteiger partial charge in [0.1, 0.15) is 23.9 Å². The van der Waals surface area contributed by atoms with Crippen molar-refractivity contribution in [3.8, 4) is 22.8 Å². The summed E-state index contributed by atoms with van der Waals surface area (Å²) in [5, 5.41) is 3.26. The Kier molecular flexibility index (Phi) is 8.06. The Morgan fingerprint density at radius 1 is 1.12 bits per heavy atom. The largest absolute Gasteiger partial charge is 0.493 e. The predicted molar refractivity (Wildman–Crippen MR) is 130 cm³/mol. The van der Waals surface area contributed by atoms with E-state index in [4.69, 9.17) is 14.2 Å². The van der Waals surface area contributed by atoms with E-state index in [1.54, 1.807) is 25.4 Å². The van der Waals surface area contributed by atoms with Gasteiger partial charge in [-0.1, -0.05) is 12.2 Å². The molecular formula is C26H29FN4O3. The SMILES string of the molecule is COCCOc1ccc2cc1CN(C)C/C=C/CCOc1cc(F)cc(c1)-c1ccnc(n1)N2. The summed E-state index contributed by atoms with van der Waals surface area (Å²) < 4.78 is 31.1. The summed E-state index contributed by atoms with van der Waals surface area (Å²) >= 11 is 0. The van der Waals surface area contributed by atoms with Crippen molar-refractivity contribution in [2.75, 3.05) is 45.8 Å². The number of nitrogens with one attached hydrogen (secondary N) is 1. The first-order chi connectivity index (χ1) is 16.6. The molecule has 0 aliphatic carbocycles. The van der Waals surface area contributed by atoms with Gasteiger partial charge in [0.25, 0.3) is 0 Å². The maximum absolute atomic E-state index is 14.3.